The number of aromatic nitrogens is 2. The Hall–Kier alpha value is -2.99. The molecule has 27 heavy (non-hydrogen) atoms. The summed E-state index contributed by atoms with van der Waals surface area (Å²) in [7, 11) is 0. The molecular weight excluding hydrogens is 342 g/mol. The molecule has 138 valence electrons. The first-order valence-corrected chi connectivity index (χ1v) is 9.05. The van der Waals surface area contributed by atoms with Crippen molar-refractivity contribution in [2.45, 2.75) is 32.4 Å². The van der Waals surface area contributed by atoms with Gasteiger partial charge >= 0.3 is 5.97 Å². The van der Waals surface area contributed by atoms with Crippen molar-refractivity contribution in [1.82, 2.24) is 15.5 Å². The van der Waals surface area contributed by atoms with Gasteiger partial charge in [-0.25, -0.2) is 0 Å². The third kappa shape index (κ3) is 3.75. The van der Waals surface area contributed by atoms with E-state index in [1.165, 1.54) is 5.56 Å². The minimum atomic E-state index is -0.705. The Morgan fingerprint density at radius 3 is 2.67 bits per heavy atom. The molecule has 1 saturated carbocycles. The molecule has 0 atom stereocenters. The maximum absolute atomic E-state index is 10.9. The zero-order valence-electron chi connectivity index (χ0n) is 15.1. The molecule has 1 fully saturated rings. The minimum absolute atomic E-state index is 0.216. The van der Waals surface area contributed by atoms with Gasteiger partial charge in [0.25, 0.3) is 5.89 Å². The van der Waals surface area contributed by atoms with Crippen molar-refractivity contribution in [3.05, 3.63) is 59.7 Å². The first-order chi connectivity index (χ1) is 13.1. The van der Waals surface area contributed by atoms with E-state index >= 15 is 0 Å². The summed E-state index contributed by atoms with van der Waals surface area (Å²) in [4.78, 5) is 15.5. The number of aryl methyl sites for hydroxylation is 1. The van der Waals surface area contributed by atoms with Gasteiger partial charge in [-0.05, 0) is 37.5 Å². The number of carboxylic acids is 1. The van der Waals surface area contributed by atoms with E-state index in [4.69, 9.17) is 9.63 Å². The Bertz CT molecular complexity index is 943. The zero-order valence-corrected chi connectivity index (χ0v) is 15.1. The summed E-state index contributed by atoms with van der Waals surface area (Å²) in [5, 5.41) is 16.6. The maximum Gasteiger partial charge on any atom is 0.306 e. The second kappa shape index (κ2) is 7.32. The Kier molecular flexibility index (Phi) is 4.73. The summed E-state index contributed by atoms with van der Waals surface area (Å²) in [6.07, 6.45) is 1.36. The number of nitrogens with one attached hydrogen (secondary N) is 1. The third-order valence-corrected chi connectivity index (χ3v) is 5.05. The van der Waals surface area contributed by atoms with Crippen LogP contribution in [0.5, 0.6) is 0 Å². The number of hydrogen-bond acceptors (Lipinski definition) is 5. The van der Waals surface area contributed by atoms with Gasteiger partial charge in [-0.2, -0.15) is 4.98 Å². The number of benzene rings is 2. The molecular formula is C21H21N3O3. The van der Waals surface area contributed by atoms with Crippen molar-refractivity contribution in [1.29, 1.82) is 0 Å². The third-order valence-electron chi connectivity index (χ3n) is 5.05. The van der Waals surface area contributed by atoms with E-state index in [9.17, 15) is 4.79 Å². The van der Waals surface area contributed by atoms with E-state index in [0.717, 1.165) is 16.7 Å². The van der Waals surface area contributed by atoms with E-state index in [1.807, 2.05) is 55.5 Å². The molecule has 1 aliphatic carbocycles. The van der Waals surface area contributed by atoms with Gasteiger partial charge < -0.3 is 14.9 Å². The molecule has 0 radical (unpaired) electrons. The fourth-order valence-corrected chi connectivity index (χ4v) is 3.28. The van der Waals surface area contributed by atoms with Crippen LogP contribution in [0.2, 0.25) is 0 Å². The smallest absolute Gasteiger partial charge is 0.306 e. The minimum Gasteiger partial charge on any atom is -0.481 e. The molecule has 0 saturated heterocycles. The summed E-state index contributed by atoms with van der Waals surface area (Å²) in [5.74, 6) is 0.131. The molecule has 0 aliphatic heterocycles. The predicted octanol–water partition coefficient (Wildman–Crippen LogP) is 3.66. The standard InChI is InChI=1S/C21H21N3O3/c1-13-6-8-14(9-7-13)20-23-19(24-27-20)18-5-3-2-4-15(18)12-22-17-10-16(11-17)21(25)26/h2-9,16-17,22H,10-12H2,1H3,(H,25,26)/t16-,17+. The highest BCUT2D eigenvalue weighted by molar-refractivity contribution is 5.71. The zero-order chi connectivity index (χ0) is 18.8. The van der Waals surface area contributed by atoms with Gasteiger partial charge in [0.1, 0.15) is 0 Å². The first kappa shape index (κ1) is 17.4. The lowest BCUT2D eigenvalue weighted by Crippen LogP contribution is -2.43. The lowest BCUT2D eigenvalue weighted by Gasteiger charge is -2.33. The molecule has 0 spiro atoms. The lowest BCUT2D eigenvalue weighted by atomic mass is 9.80. The van der Waals surface area contributed by atoms with Crippen molar-refractivity contribution < 1.29 is 14.4 Å². The van der Waals surface area contributed by atoms with E-state index in [1.54, 1.807) is 0 Å². The molecule has 0 amide bonds. The highest BCUT2D eigenvalue weighted by Crippen LogP contribution is 2.29. The van der Waals surface area contributed by atoms with Gasteiger partial charge in [-0.3, -0.25) is 4.79 Å². The summed E-state index contributed by atoms with van der Waals surface area (Å²) in [5.41, 5.74) is 4.05. The van der Waals surface area contributed by atoms with Crippen LogP contribution >= 0.6 is 0 Å². The number of carbonyl (C=O) groups is 1. The second-order valence-electron chi connectivity index (χ2n) is 7.03. The summed E-state index contributed by atoms with van der Waals surface area (Å²) < 4.78 is 5.45. The summed E-state index contributed by atoms with van der Waals surface area (Å²) in [6, 6.07) is 16.1. The molecule has 1 aliphatic rings. The Morgan fingerprint density at radius 2 is 1.93 bits per heavy atom. The van der Waals surface area contributed by atoms with Crippen LogP contribution in [-0.2, 0) is 11.3 Å². The molecule has 0 bridgehead atoms. The van der Waals surface area contributed by atoms with E-state index in [2.05, 4.69) is 15.5 Å². The summed E-state index contributed by atoms with van der Waals surface area (Å²) >= 11 is 0. The van der Waals surface area contributed by atoms with E-state index in [0.29, 0.717) is 31.1 Å². The molecule has 2 N–H and O–H groups in total. The molecule has 0 unspecified atom stereocenters. The Morgan fingerprint density at radius 1 is 1.19 bits per heavy atom. The topological polar surface area (TPSA) is 88.2 Å². The van der Waals surface area contributed by atoms with Crippen LogP contribution in [0.3, 0.4) is 0 Å². The van der Waals surface area contributed by atoms with E-state index < -0.39 is 5.97 Å². The van der Waals surface area contributed by atoms with Crippen molar-refractivity contribution >= 4 is 5.97 Å². The van der Waals surface area contributed by atoms with Gasteiger partial charge in [-0.15, -0.1) is 0 Å². The predicted molar refractivity (Wildman–Crippen MR) is 101 cm³/mol. The number of carboxylic acid groups (broad SMARTS) is 1. The highest BCUT2D eigenvalue weighted by Gasteiger charge is 2.34. The summed E-state index contributed by atoms with van der Waals surface area (Å²) in [6.45, 7) is 2.68. The van der Waals surface area contributed by atoms with Crippen LogP contribution in [0.1, 0.15) is 24.0 Å². The van der Waals surface area contributed by atoms with Crippen LogP contribution in [0.15, 0.2) is 53.1 Å². The molecule has 1 heterocycles. The number of aliphatic carboxylic acids is 1. The average molecular weight is 363 g/mol. The maximum atomic E-state index is 10.9. The average Bonchev–Trinajstić information content (AvgIpc) is 3.11. The van der Waals surface area contributed by atoms with Crippen LogP contribution in [-0.4, -0.2) is 27.3 Å². The first-order valence-electron chi connectivity index (χ1n) is 9.05. The number of rotatable bonds is 6. The Balaban J connectivity index is 1.48. The molecule has 6 nitrogen and oxygen atoms in total. The second-order valence-corrected chi connectivity index (χ2v) is 7.03. The molecule has 2 aromatic carbocycles. The monoisotopic (exact) mass is 363 g/mol. The van der Waals surface area contributed by atoms with Crippen molar-refractivity contribution in [2.75, 3.05) is 0 Å². The number of hydrogen-bond donors (Lipinski definition) is 2. The van der Waals surface area contributed by atoms with Gasteiger partial charge in [0.15, 0.2) is 0 Å². The molecule has 1 aromatic heterocycles. The van der Waals surface area contributed by atoms with Crippen LogP contribution in [0.25, 0.3) is 22.8 Å². The van der Waals surface area contributed by atoms with Crippen LogP contribution in [0.4, 0.5) is 0 Å². The SMILES string of the molecule is Cc1ccc(-c2nc(-c3ccccc3CN[C@H]3C[C@@H](C(=O)O)C3)no2)cc1. The normalized spacial score (nSPS) is 18.9. The van der Waals surface area contributed by atoms with Crippen molar-refractivity contribution in [2.24, 2.45) is 5.92 Å². The molecule has 3 aromatic rings. The quantitative estimate of drug-likeness (QED) is 0.695. The number of nitrogens with zero attached hydrogens (tertiary/aromatic N) is 2. The van der Waals surface area contributed by atoms with Gasteiger partial charge in [-0.1, -0.05) is 47.1 Å². The largest absolute Gasteiger partial charge is 0.481 e. The molecule has 6 heteroatoms. The van der Waals surface area contributed by atoms with Crippen molar-refractivity contribution in [3.63, 3.8) is 0 Å². The van der Waals surface area contributed by atoms with Gasteiger partial charge in [0.2, 0.25) is 5.82 Å². The highest BCUT2D eigenvalue weighted by atomic mass is 16.5. The van der Waals surface area contributed by atoms with Crippen molar-refractivity contribution in [3.8, 4) is 22.8 Å². The lowest BCUT2D eigenvalue weighted by molar-refractivity contribution is -0.145. The Labute approximate surface area is 157 Å². The van der Waals surface area contributed by atoms with Crippen LogP contribution in [0, 0.1) is 12.8 Å². The fourth-order valence-electron chi connectivity index (χ4n) is 3.28. The van der Waals surface area contributed by atoms with E-state index in [-0.39, 0.29) is 12.0 Å². The van der Waals surface area contributed by atoms with Crippen LogP contribution < -0.4 is 5.32 Å². The van der Waals surface area contributed by atoms with Gasteiger partial charge in [0, 0.05) is 23.7 Å². The molecule has 4 rings (SSSR count). The fraction of sp³-hybridized carbons (Fsp3) is 0.286. The van der Waals surface area contributed by atoms with Gasteiger partial charge in [0.05, 0.1) is 5.92 Å².